The zero-order valence-electron chi connectivity index (χ0n) is 9.08. The Bertz CT molecular complexity index is 502. The first-order chi connectivity index (χ1) is 7.97. The van der Waals surface area contributed by atoms with Crippen LogP contribution in [-0.4, -0.2) is 23.0 Å². The zero-order chi connectivity index (χ0) is 12.6. The molecular weight excluding hydrogens is 288 g/mol. The highest BCUT2D eigenvalue weighted by Crippen LogP contribution is 2.35. The third-order valence-corrected chi connectivity index (χ3v) is 3.12. The third-order valence-electron chi connectivity index (χ3n) is 2.49. The van der Waals surface area contributed by atoms with E-state index in [1.54, 1.807) is 0 Å². The molecule has 1 heterocycles. The minimum atomic E-state index is -1.03. The number of carbonyl (C=O) groups excluding carboxylic acids is 1. The van der Waals surface area contributed by atoms with Crippen LogP contribution in [0.25, 0.3) is 0 Å². The van der Waals surface area contributed by atoms with Gasteiger partial charge in [-0.15, -0.1) is 0 Å². The van der Waals surface area contributed by atoms with Gasteiger partial charge >= 0.3 is 5.97 Å². The fourth-order valence-electron chi connectivity index (χ4n) is 1.75. The summed E-state index contributed by atoms with van der Waals surface area (Å²) in [6.07, 6.45) is 0.351. The van der Waals surface area contributed by atoms with E-state index in [0.29, 0.717) is 22.3 Å². The number of carboxylic acids is 1. The van der Waals surface area contributed by atoms with Crippen molar-refractivity contribution in [2.75, 3.05) is 10.6 Å². The Labute approximate surface area is 106 Å². The number of aromatic carboxylic acids is 1. The number of halogens is 1. The first kappa shape index (κ1) is 11.9. The third kappa shape index (κ3) is 2.41. The van der Waals surface area contributed by atoms with Gasteiger partial charge in [-0.25, -0.2) is 4.79 Å². The summed E-state index contributed by atoms with van der Waals surface area (Å²) in [6, 6.07) is 2.97. The Morgan fingerprint density at radius 2 is 2.24 bits per heavy atom. The van der Waals surface area contributed by atoms with E-state index in [1.807, 2.05) is 6.92 Å². The molecule has 2 rings (SSSR count). The van der Waals surface area contributed by atoms with E-state index in [-0.39, 0.29) is 17.5 Å². The van der Waals surface area contributed by atoms with E-state index in [1.165, 1.54) is 12.1 Å². The highest BCUT2D eigenvalue weighted by molar-refractivity contribution is 9.10. The molecule has 1 aliphatic rings. The summed E-state index contributed by atoms with van der Waals surface area (Å²) in [5, 5.41) is 14.8. The molecule has 1 unspecified atom stereocenters. The van der Waals surface area contributed by atoms with E-state index in [0.717, 1.165) is 0 Å². The van der Waals surface area contributed by atoms with Crippen molar-refractivity contribution in [3.05, 3.63) is 22.2 Å². The van der Waals surface area contributed by atoms with Crippen LogP contribution < -0.4 is 10.6 Å². The molecule has 0 spiro atoms. The highest BCUT2D eigenvalue weighted by atomic mass is 79.9. The van der Waals surface area contributed by atoms with Gasteiger partial charge in [-0.3, -0.25) is 4.79 Å². The fourth-order valence-corrected chi connectivity index (χ4v) is 2.33. The largest absolute Gasteiger partial charge is 0.478 e. The number of carboxylic acid groups (broad SMARTS) is 1. The number of hydrogen-bond donors (Lipinski definition) is 3. The number of benzene rings is 1. The lowest BCUT2D eigenvalue weighted by Crippen LogP contribution is -2.18. The summed E-state index contributed by atoms with van der Waals surface area (Å²) in [5.74, 6) is -1.15. The molecule has 3 N–H and O–H groups in total. The molecular formula is C11H11BrN2O3. The van der Waals surface area contributed by atoms with E-state index in [9.17, 15) is 9.59 Å². The predicted molar refractivity (Wildman–Crippen MR) is 67.4 cm³/mol. The summed E-state index contributed by atoms with van der Waals surface area (Å²) < 4.78 is 0.626. The maximum atomic E-state index is 11.5. The molecule has 1 aromatic carbocycles. The molecule has 6 heteroatoms. The maximum Gasteiger partial charge on any atom is 0.335 e. The fraction of sp³-hybridized carbons (Fsp3) is 0.273. The van der Waals surface area contributed by atoms with Gasteiger partial charge in [0.2, 0.25) is 5.91 Å². The zero-order valence-corrected chi connectivity index (χ0v) is 10.7. The van der Waals surface area contributed by atoms with E-state index >= 15 is 0 Å². The standard InChI is InChI=1S/C11H11BrN2O3/c1-5-2-9(15)14-8-4-6(11(16)17)3-7(12)10(8)13-5/h3-5,13H,2H2,1H3,(H,14,15)(H,16,17). The molecule has 1 aliphatic heterocycles. The number of nitrogens with one attached hydrogen (secondary N) is 2. The second-order valence-electron chi connectivity index (χ2n) is 3.98. The van der Waals surface area contributed by atoms with Gasteiger partial charge in [0.15, 0.2) is 0 Å². The van der Waals surface area contributed by atoms with Crippen molar-refractivity contribution in [2.45, 2.75) is 19.4 Å². The lowest BCUT2D eigenvalue weighted by atomic mass is 10.1. The van der Waals surface area contributed by atoms with Crippen LogP contribution in [0.4, 0.5) is 11.4 Å². The van der Waals surface area contributed by atoms with E-state index in [4.69, 9.17) is 5.11 Å². The van der Waals surface area contributed by atoms with Gasteiger partial charge in [0, 0.05) is 16.9 Å². The lowest BCUT2D eigenvalue weighted by Gasteiger charge is -2.14. The average molecular weight is 299 g/mol. The van der Waals surface area contributed by atoms with Crippen LogP contribution in [-0.2, 0) is 4.79 Å². The summed E-state index contributed by atoms with van der Waals surface area (Å²) in [7, 11) is 0. The first-order valence-corrected chi connectivity index (χ1v) is 5.90. The van der Waals surface area contributed by atoms with Gasteiger partial charge in [0.25, 0.3) is 0 Å². The van der Waals surface area contributed by atoms with Crippen molar-refractivity contribution in [1.82, 2.24) is 0 Å². The molecule has 0 aliphatic carbocycles. The van der Waals surface area contributed by atoms with Gasteiger partial charge in [0.1, 0.15) is 0 Å². The molecule has 1 amide bonds. The summed E-state index contributed by atoms with van der Waals surface area (Å²) in [5.41, 5.74) is 1.34. The minimum absolute atomic E-state index is 0.00299. The smallest absolute Gasteiger partial charge is 0.335 e. The number of rotatable bonds is 1. The van der Waals surface area contributed by atoms with Gasteiger partial charge in [-0.2, -0.15) is 0 Å². The first-order valence-electron chi connectivity index (χ1n) is 5.10. The van der Waals surface area contributed by atoms with Crippen molar-refractivity contribution in [2.24, 2.45) is 0 Å². The summed E-state index contributed by atoms with van der Waals surface area (Å²) in [4.78, 5) is 22.5. The Morgan fingerprint density at radius 1 is 1.53 bits per heavy atom. The van der Waals surface area contributed by atoms with Crippen molar-refractivity contribution in [3.63, 3.8) is 0 Å². The van der Waals surface area contributed by atoms with Crippen LogP contribution in [0.2, 0.25) is 0 Å². The van der Waals surface area contributed by atoms with Crippen molar-refractivity contribution >= 4 is 39.2 Å². The molecule has 0 radical (unpaired) electrons. The molecule has 17 heavy (non-hydrogen) atoms. The van der Waals surface area contributed by atoms with Gasteiger partial charge < -0.3 is 15.7 Å². The Morgan fingerprint density at radius 3 is 2.88 bits per heavy atom. The highest BCUT2D eigenvalue weighted by Gasteiger charge is 2.21. The van der Waals surface area contributed by atoms with Gasteiger partial charge in [-0.1, -0.05) is 0 Å². The molecule has 90 valence electrons. The molecule has 0 saturated carbocycles. The predicted octanol–water partition coefficient (Wildman–Crippen LogP) is 2.29. The van der Waals surface area contributed by atoms with Crippen molar-refractivity contribution in [3.8, 4) is 0 Å². The number of fused-ring (bicyclic) bond motifs is 1. The van der Waals surface area contributed by atoms with Crippen molar-refractivity contribution in [1.29, 1.82) is 0 Å². The van der Waals surface area contributed by atoms with Crippen LogP contribution in [0.5, 0.6) is 0 Å². The molecule has 5 nitrogen and oxygen atoms in total. The van der Waals surface area contributed by atoms with Crippen LogP contribution in [0.1, 0.15) is 23.7 Å². The number of amides is 1. The Balaban J connectivity index is 2.53. The summed E-state index contributed by atoms with van der Waals surface area (Å²) in [6.45, 7) is 1.90. The molecule has 0 bridgehead atoms. The second-order valence-corrected chi connectivity index (χ2v) is 4.84. The van der Waals surface area contributed by atoms with Crippen LogP contribution >= 0.6 is 15.9 Å². The second kappa shape index (κ2) is 4.37. The molecule has 1 aromatic rings. The molecule has 0 fully saturated rings. The van der Waals surface area contributed by atoms with Crippen LogP contribution in [0.3, 0.4) is 0 Å². The van der Waals surface area contributed by atoms with Gasteiger partial charge in [0.05, 0.1) is 16.9 Å². The normalized spacial score (nSPS) is 18.7. The quantitative estimate of drug-likeness (QED) is 0.743. The number of anilines is 2. The topological polar surface area (TPSA) is 78.4 Å². The maximum absolute atomic E-state index is 11.5. The SMILES string of the molecule is CC1CC(=O)Nc2cc(C(=O)O)cc(Br)c2N1. The summed E-state index contributed by atoms with van der Waals surface area (Å²) >= 11 is 3.31. The van der Waals surface area contributed by atoms with Crippen LogP contribution in [0, 0.1) is 0 Å². The lowest BCUT2D eigenvalue weighted by molar-refractivity contribution is -0.116. The van der Waals surface area contributed by atoms with E-state index < -0.39 is 5.97 Å². The molecule has 1 atom stereocenters. The minimum Gasteiger partial charge on any atom is -0.478 e. The molecule has 0 aromatic heterocycles. The Kier molecular flexibility index (Phi) is 3.06. The van der Waals surface area contributed by atoms with Crippen molar-refractivity contribution < 1.29 is 14.7 Å². The number of carbonyl (C=O) groups is 2. The van der Waals surface area contributed by atoms with Crippen LogP contribution in [0.15, 0.2) is 16.6 Å². The average Bonchev–Trinajstić information content (AvgIpc) is 2.35. The van der Waals surface area contributed by atoms with Gasteiger partial charge in [-0.05, 0) is 35.0 Å². The Hall–Kier alpha value is -1.56. The molecule has 0 saturated heterocycles. The van der Waals surface area contributed by atoms with E-state index in [2.05, 4.69) is 26.6 Å². The monoisotopic (exact) mass is 298 g/mol. The number of hydrogen-bond acceptors (Lipinski definition) is 3.